The van der Waals surface area contributed by atoms with Crippen LogP contribution in [0.1, 0.15) is 82.1 Å². The monoisotopic (exact) mass is 525 g/mol. The molecule has 0 unspecified atom stereocenters. The molecule has 1 rings (SSSR count). The van der Waals surface area contributed by atoms with E-state index >= 15 is 0 Å². The summed E-state index contributed by atoms with van der Waals surface area (Å²) in [6, 6.07) is -0.309. The molecule has 1 saturated heterocycles. The number of carbonyl (C=O) groups excluding carboxylic acids is 4. The molecule has 1 aliphatic heterocycles. The highest BCUT2D eigenvalue weighted by Crippen LogP contribution is 2.20. The van der Waals surface area contributed by atoms with Crippen molar-refractivity contribution in [3.63, 3.8) is 0 Å². The molecule has 0 aromatic heterocycles. The summed E-state index contributed by atoms with van der Waals surface area (Å²) in [6.07, 6.45) is 2.40. The normalized spacial score (nSPS) is 15.5. The van der Waals surface area contributed by atoms with Gasteiger partial charge in [0.05, 0.1) is 19.2 Å². The zero-order chi connectivity index (χ0) is 28.9. The Kier molecular flexibility index (Phi) is 15.2. The summed E-state index contributed by atoms with van der Waals surface area (Å²) in [7, 11) is 1.66. The number of nitrogens with zero attached hydrogens (tertiary/aromatic N) is 2. The van der Waals surface area contributed by atoms with Crippen molar-refractivity contribution in [1.29, 1.82) is 0 Å². The van der Waals surface area contributed by atoms with Crippen LogP contribution in [-0.2, 0) is 23.9 Å². The van der Waals surface area contributed by atoms with Crippen LogP contribution in [0.25, 0.3) is 0 Å². The minimum atomic E-state index is -0.560. The number of ether oxygens (including phenoxy) is 2. The molecule has 1 atom stereocenters. The standard InChI is InChI=1S/C24H41N3O6.C4H10/c1-9-32-22(30)17(4)14-19(16(2)3)26(8)20(28)15-25-21(29)18-10-12-27(13-11-18)23(31)33-24(5,6)7;1-4(2)3/h14,16,18-19H,9-13,15H2,1-8H3,(H,25,29);4H,1-3H3/b17-14+;/t19-;/m1./s1. The van der Waals surface area contributed by atoms with Crippen LogP contribution >= 0.6 is 0 Å². The fourth-order valence-corrected chi connectivity index (χ4v) is 3.57. The van der Waals surface area contributed by atoms with Crippen molar-refractivity contribution < 1.29 is 28.7 Å². The number of hydrogen-bond acceptors (Lipinski definition) is 6. The fraction of sp³-hybridized carbons (Fsp3) is 0.786. The molecule has 1 N–H and O–H groups in total. The van der Waals surface area contributed by atoms with Crippen LogP contribution in [0, 0.1) is 17.8 Å². The molecule has 37 heavy (non-hydrogen) atoms. The van der Waals surface area contributed by atoms with Crippen LogP contribution in [-0.4, -0.2) is 78.6 Å². The minimum absolute atomic E-state index is 0.0659. The second kappa shape index (κ2) is 16.3. The number of amides is 3. The van der Waals surface area contributed by atoms with E-state index in [1.54, 1.807) is 36.8 Å². The SMILES string of the molecule is CC(C)C.CCOC(=O)/C(C)=C/[C@H](C(C)C)N(C)C(=O)CNC(=O)C1CCN(C(=O)OC(C)(C)C)CC1. The van der Waals surface area contributed by atoms with Crippen molar-refractivity contribution in [2.45, 2.75) is 93.7 Å². The van der Waals surface area contributed by atoms with Gasteiger partial charge in [-0.05, 0) is 59.3 Å². The Morgan fingerprint density at radius 2 is 1.57 bits per heavy atom. The van der Waals surface area contributed by atoms with E-state index in [-0.39, 0.29) is 48.9 Å². The van der Waals surface area contributed by atoms with E-state index in [9.17, 15) is 19.2 Å². The highest BCUT2D eigenvalue weighted by atomic mass is 16.6. The second-order valence-electron chi connectivity index (χ2n) is 11.5. The van der Waals surface area contributed by atoms with Gasteiger partial charge in [0.15, 0.2) is 0 Å². The molecule has 0 aliphatic carbocycles. The Morgan fingerprint density at radius 3 is 2.00 bits per heavy atom. The number of piperidine rings is 1. The van der Waals surface area contributed by atoms with Crippen molar-refractivity contribution in [3.05, 3.63) is 11.6 Å². The number of rotatable bonds is 8. The number of likely N-dealkylation sites (N-methyl/N-ethyl adjacent to an activating group) is 1. The zero-order valence-electron chi connectivity index (χ0n) is 25.0. The van der Waals surface area contributed by atoms with Crippen molar-refractivity contribution in [2.24, 2.45) is 17.8 Å². The van der Waals surface area contributed by atoms with Gasteiger partial charge in [0, 0.05) is 31.6 Å². The fourth-order valence-electron chi connectivity index (χ4n) is 3.57. The van der Waals surface area contributed by atoms with Crippen LogP contribution in [0.5, 0.6) is 0 Å². The summed E-state index contributed by atoms with van der Waals surface area (Å²) >= 11 is 0. The maximum absolute atomic E-state index is 12.7. The topological polar surface area (TPSA) is 105 Å². The molecule has 1 aliphatic rings. The van der Waals surface area contributed by atoms with Crippen LogP contribution in [0.3, 0.4) is 0 Å². The summed E-state index contributed by atoms with van der Waals surface area (Å²) in [5, 5.41) is 2.73. The molecule has 0 saturated carbocycles. The molecule has 0 spiro atoms. The average molecular weight is 526 g/mol. The van der Waals surface area contributed by atoms with Crippen LogP contribution in [0.2, 0.25) is 0 Å². The maximum Gasteiger partial charge on any atom is 0.410 e. The van der Waals surface area contributed by atoms with Crippen molar-refractivity contribution in [2.75, 3.05) is 33.3 Å². The van der Waals surface area contributed by atoms with Gasteiger partial charge in [-0.2, -0.15) is 0 Å². The third-order valence-electron chi connectivity index (χ3n) is 5.47. The summed E-state index contributed by atoms with van der Waals surface area (Å²) in [4.78, 5) is 52.6. The highest BCUT2D eigenvalue weighted by Gasteiger charge is 2.30. The van der Waals surface area contributed by atoms with Gasteiger partial charge in [-0.1, -0.05) is 40.7 Å². The zero-order valence-corrected chi connectivity index (χ0v) is 25.0. The largest absolute Gasteiger partial charge is 0.463 e. The average Bonchev–Trinajstić information content (AvgIpc) is 2.78. The molecule has 0 aromatic rings. The summed E-state index contributed by atoms with van der Waals surface area (Å²) in [5.74, 6) is -0.207. The van der Waals surface area contributed by atoms with Gasteiger partial charge in [0.25, 0.3) is 0 Å². The molecule has 9 heteroatoms. The minimum Gasteiger partial charge on any atom is -0.463 e. The Balaban J connectivity index is 0.00000300. The quantitative estimate of drug-likeness (QED) is 0.372. The van der Waals surface area contributed by atoms with Gasteiger partial charge >= 0.3 is 12.1 Å². The number of esters is 1. The van der Waals surface area contributed by atoms with E-state index in [4.69, 9.17) is 9.47 Å². The van der Waals surface area contributed by atoms with E-state index in [0.29, 0.717) is 31.5 Å². The molecular weight excluding hydrogens is 474 g/mol. The smallest absolute Gasteiger partial charge is 0.410 e. The van der Waals surface area contributed by atoms with Crippen molar-refractivity contribution in [3.8, 4) is 0 Å². The molecular formula is C28H51N3O6. The predicted octanol–water partition coefficient (Wildman–Crippen LogP) is 4.40. The van der Waals surface area contributed by atoms with Gasteiger partial charge in [-0.25, -0.2) is 9.59 Å². The highest BCUT2D eigenvalue weighted by molar-refractivity contribution is 5.88. The molecule has 0 radical (unpaired) electrons. The Labute approximate surface area is 224 Å². The van der Waals surface area contributed by atoms with Gasteiger partial charge in [-0.15, -0.1) is 0 Å². The molecule has 1 fully saturated rings. The van der Waals surface area contributed by atoms with Crippen LogP contribution in [0.4, 0.5) is 4.79 Å². The Morgan fingerprint density at radius 1 is 1.05 bits per heavy atom. The van der Waals surface area contributed by atoms with Crippen molar-refractivity contribution >= 4 is 23.9 Å². The third-order valence-corrected chi connectivity index (χ3v) is 5.47. The third kappa shape index (κ3) is 14.1. The summed E-state index contributed by atoms with van der Waals surface area (Å²) in [5.41, 5.74) is -0.119. The molecule has 0 bridgehead atoms. The summed E-state index contributed by atoms with van der Waals surface area (Å²) in [6.45, 7) is 20.3. The van der Waals surface area contributed by atoms with E-state index in [0.717, 1.165) is 5.92 Å². The van der Waals surface area contributed by atoms with E-state index in [2.05, 4.69) is 26.1 Å². The van der Waals surface area contributed by atoms with Crippen LogP contribution < -0.4 is 5.32 Å². The number of likely N-dealkylation sites (tertiary alicyclic amines) is 1. The van der Waals surface area contributed by atoms with Gasteiger partial charge in [0.2, 0.25) is 11.8 Å². The lowest BCUT2D eigenvalue weighted by Gasteiger charge is -2.33. The van der Waals surface area contributed by atoms with E-state index in [1.165, 1.54) is 0 Å². The number of carbonyl (C=O) groups is 4. The first-order valence-corrected chi connectivity index (χ1v) is 13.4. The van der Waals surface area contributed by atoms with Crippen LogP contribution in [0.15, 0.2) is 11.6 Å². The number of nitrogens with one attached hydrogen (secondary N) is 1. The maximum atomic E-state index is 12.7. The van der Waals surface area contributed by atoms with Crippen molar-refractivity contribution in [1.82, 2.24) is 15.1 Å². The Bertz CT molecular complexity index is 775. The molecule has 1 heterocycles. The van der Waals surface area contributed by atoms with Gasteiger partial charge in [0.1, 0.15) is 5.60 Å². The lowest BCUT2D eigenvalue weighted by molar-refractivity contribution is -0.138. The molecule has 3 amide bonds. The van der Waals surface area contributed by atoms with E-state index < -0.39 is 11.6 Å². The Hall–Kier alpha value is -2.58. The molecule has 214 valence electrons. The van der Waals surface area contributed by atoms with E-state index in [1.807, 2.05) is 34.6 Å². The lowest BCUT2D eigenvalue weighted by atomic mass is 9.96. The first-order valence-electron chi connectivity index (χ1n) is 13.4. The number of hydrogen-bond donors (Lipinski definition) is 1. The molecule has 0 aromatic carbocycles. The molecule has 9 nitrogen and oxygen atoms in total. The lowest BCUT2D eigenvalue weighted by Crippen LogP contribution is -2.48. The first-order chi connectivity index (χ1) is 17.0. The van der Waals surface area contributed by atoms with Gasteiger partial charge < -0.3 is 24.6 Å². The van der Waals surface area contributed by atoms with Gasteiger partial charge in [-0.3, -0.25) is 9.59 Å². The second-order valence-corrected chi connectivity index (χ2v) is 11.5. The first kappa shape index (κ1) is 34.4. The summed E-state index contributed by atoms with van der Waals surface area (Å²) < 4.78 is 10.4. The predicted molar refractivity (Wildman–Crippen MR) is 146 cm³/mol.